The zero-order valence-electron chi connectivity index (χ0n) is 27.2. The number of hydrogen-bond donors (Lipinski definition) is 1. The highest BCUT2D eigenvalue weighted by molar-refractivity contribution is 5.92. The summed E-state index contributed by atoms with van der Waals surface area (Å²) in [5.41, 5.74) is 0.495. The summed E-state index contributed by atoms with van der Waals surface area (Å²) < 4.78 is 36.1. The minimum absolute atomic E-state index is 0.0230. The van der Waals surface area contributed by atoms with Crippen LogP contribution in [0.15, 0.2) is 34.4 Å². The number of ether oxygens (including phenoxy) is 6. The van der Waals surface area contributed by atoms with Gasteiger partial charge in [-0.2, -0.15) is 0 Å². The van der Waals surface area contributed by atoms with Crippen molar-refractivity contribution in [3.63, 3.8) is 0 Å². The molecule has 3 aliphatic carbocycles. The molecule has 3 aliphatic heterocycles. The SMILES string of the molecule is C/C=C(\C)C(=O)O[C@H]1C[C@@H](OC(C)=O)[C@@]2(C)CO[C@H]3[C@H]4O[C@H]5C[C@@H](C6=C[C@@H](O)OC6=O)C(C)=C5[C@@]4(C)[C@H](CC(=O)OC)[C@]1(C)[C@@H]32. The van der Waals surface area contributed by atoms with E-state index in [4.69, 9.17) is 28.4 Å². The Morgan fingerprint density at radius 3 is 2.42 bits per heavy atom. The Morgan fingerprint density at radius 1 is 1.11 bits per heavy atom. The molecule has 2 saturated carbocycles. The molecule has 0 aromatic carbocycles. The molecule has 246 valence electrons. The lowest BCUT2D eigenvalue weighted by Gasteiger charge is -2.65. The van der Waals surface area contributed by atoms with Crippen molar-refractivity contribution in [1.82, 2.24) is 0 Å². The molecule has 0 bridgehead atoms. The third kappa shape index (κ3) is 4.40. The quantitative estimate of drug-likeness (QED) is 0.200. The number of allylic oxidation sites excluding steroid dienone is 2. The normalized spacial score (nSPS) is 44.9. The van der Waals surface area contributed by atoms with Crippen LogP contribution in [0.1, 0.15) is 67.7 Å². The molecule has 0 aromatic rings. The van der Waals surface area contributed by atoms with E-state index in [9.17, 15) is 24.3 Å². The maximum Gasteiger partial charge on any atom is 0.337 e. The van der Waals surface area contributed by atoms with Gasteiger partial charge in [0.05, 0.1) is 32.0 Å². The molecular formula is C34H44O11. The lowest BCUT2D eigenvalue weighted by atomic mass is 9.40. The van der Waals surface area contributed by atoms with Crippen LogP contribution in [-0.2, 0) is 47.6 Å². The average molecular weight is 629 g/mol. The summed E-state index contributed by atoms with van der Waals surface area (Å²) in [6.07, 6.45) is -0.0377. The molecule has 11 nitrogen and oxygen atoms in total. The van der Waals surface area contributed by atoms with Crippen molar-refractivity contribution in [3.8, 4) is 0 Å². The molecule has 6 rings (SSSR count). The van der Waals surface area contributed by atoms with Gasteiger partial charge in [-0.25, -0.2) is 9.59 Å². The van der Waals surface area contributed by atoms with Gasteiger partial charge in [0.15, 0.2) is 0 Å². The first-order chi connectivity index (χ1) is 21.1. The molecule has 3 heterocycles. The number of esters is 4. The molecule has 45 heavy (non-hydrogen) atoms. The van der Waals surface area contributed by atoms with Gasteiger partial charge in [0, 0.05) is 59.0 Å². The standard InChI is InChI=1S/C34H44O11/c1-9-15(2)30(38)44-23-13-22(42-17(4)35)32(5)14-41-27-28(32)33(23,6)21(12-24(36)40-8)34(7)26-16(3)18(10-20(26)43-29(27)34)19-11-25(37)45-31(19)39/h9,11,18,20-23,25,27-29,37H,10,12-14H2,1-8H3/b15-9+/t18-,20+,21-,22-,23+,25+,27-,28+,29-,32-,33+,34-/m1/s1. The first kappa shape index (κ1) is 31.9. The zero-order chi connectivity index (χ0) is 32.8. The van der Waals surface area contributed by atoms with E-state index in [-0.39, 0.29) is 30.8 Å². The Kier molecular flexibility index (Phi) is 7.65. The highest BCUT2D eigenvalue weighted by Crippen LogP contribution is 2.74. The number of hydrogen-bond acceptors (Lipinski definition) is 11. The number of aliphatic hydroxyl groups is 1. The second kappa shape index (κ2) is 10.8. The van der Waals surface area contributed by atoms with Crippen molar-refractivity contribution in [2.75, 3.05) is 13.7 Å². The van der Waals surface area contributed by atoms with Crippen molar-refractivity contribution >= 4 is 23.9 Å². The Labute approximate surface area is 263 Å². The summed E-state index contributed by atoms with van der Waals surface area (Å²) >= 11 is 0. The summed E-state index contributed by atoms with van der Waals surface area (Å²) in [5.74, 6) is -2.95. The van der Waals surface area contributed by atoms with E-state index in [1.54, 1.807) is 19.9 Å². The summed E-state index contributed by atoms with van der Waals surface area (Å²) in [5, 5.41) is 10.0. The van der Waals surface area contributed by atoms with E-state index in [1.165, 1.54) is 20.1 Å². The van der Waals surface area contributed by atoms with Gasteiger partial charge in [-0.15, -0.1) is 0 Å². The number of carbonyl (C=O) groups is 4. The first-order valence-corrected chi connectivity index (χ1v) is 15.8. The van der Waals surface area contributed by atoms with Gasteiger partial charge in [0.25, 0.3) is 0 Å². The van der Waals surface area contributed by atoms with Crippen LogP contribution in [0.25, 0.3) is 0 Å². The summed E-state index contributed by atoms with van der Waals surface area (Å²) in [6, 6.07) is 0. The van der Waals surface area contributed by atoms with Gasteiger partial charge < -0.3 is 33.5 Å². The van der Waals surface area contributed by atoms with Crippen LogP contribution in [0.2, 0.25) is 0 Å². The van der Waals surface area contributed by atoms with Gasteiger partial charge in [0.2, 0.25) is 6.29 Å². The molecule has 6 aliphatic rings. The smallest absolute Gasteiger partial charge is 0.337 e. The van der Waals surface area contributed by atoms with Gasteiger partial charge >= 0.3 is 23.9 Å². The maximum atomic E-state index is 13.4. The van der Waals surface area contributed by atoms with Crippen LogP contribution in [0.5, 0.6) is 0 Å². The van der Waals surface area contributed by atoms with Crippen LogP contribution in [0, 0.1) is 34.0 Å². The molecule has 0 unspecified atom stereocenters. The lowest BCUT2D eigenvalue weighted by molar-refractivity contribution is -0.251. The predicted octanol–water partition coefficient (Wildman–Crippen LogP) is 3.33. The molecule has 0 spiro atoms. The largest absolute Gasteiger partial charge is 0.469 e. The monoisotopic (exact) mass is 628 g/mol. The topological polar surface area (TPSA) is 144 Å². The number of fused-ring (bicyclic) bond motifs is 4. The van der Waals surface area contributed by atoms with E-state index >= 15 is 0 Å². The minimum Gasteiger partial charge on any atom is -0.469 e. The Balaban J connectivity index is 1.54. The molecule has 0 radical (unpaired) electrons. The van der Waals surface area contributed by atoms with Crippen LogP contribution >= 0.6 is 0 Å². The van der Waals surface area contributed by atoms with Crippen molar-refractivity contribution in [2.45, 2.75) is 105 Å². The van der Waals surface area contributed by atoms with E-state index in [0.717, 1.165) is 11.1 Å². The Hall–Kier alpha value is -3.02. The second-order valence-electron chi connectivity index (χ2n) is 14.3. The highest BCUT2D eigenvalue weighted by Gasteiger charge is 2.78. The van der Waals surface area contributed by atoms with Gasteiger partial charge in [-0.05, 0) is 44.8 Å². The number of aliphatic hydroxyl groups excluding tert-OH is 1. The summed E-state index contributed by atoms with van der Waals surface area (Å²) in [7, 11) is 1.36. The fraction of sp³-hybridized carbons (Fsp3) is 0.706. The minimum atomic E-state index is -1.29. The third-order valence-electron chi connectivity index (χ3n) is 12.2. The summed E-state index contributed by atoms with van der Waals surface area (Å²) in [4.78, 5) is 51.7. The second-order valence-corrected chi connectivity index (χ2v) is 14.3. The number of rotatable bonds is 6. The molecular weight excluding hydrogens is 584 g/mol. The number of methoxy groups -OCH3 is 1. The van der Waals surface area contributed by atoms with E-state index < -0.39 is 76.7 Å². The summed E-state index contributed by atoms with van der Waals surface area (Å²) in [6.45, 7) is 13.3. The molecule has 12 atom stereocenters. The molecule has 11 heteroatoms. The van der Waals surface area contributed by atoms with Crippen molar-refractivity contribution < 1.29 is 52.7 Å². The van der Waals surface area contributed by atoms with Crippen molar-refractivity contribution in [1.29, 1.82) is 0 Å². The average Bonchev–Trinajstić information content (AvgIpc) is 3.69. The molecule has 2 saturated heterocycles. The molecule has 0 aromatic heterocycles. The van der Waals surface area contributed by atoms with Crippen LogP contribution in [0.3, 0.4) is 0 Å². The lowest BCUT2D eigenvalue weighted by Crippen LogP contribution is -2.71. The molecule has 0 amide bonds. The zero-order valence-corrected chi connectivity index (χ0v) is 27.2. The molecule has 4 fully saturated rings. The van der Waals surface area contributed by atoms with Crippen molar-refractivity contribution in [2.24, 2.45) is 34.0 Å². The Bertz CT molecular complexity index is 1430. The number of carbonyl (C=O) groups excluding carboxylic acids is 4. The van der Waals surface area contributed by atoms with Crippen molar-refractivity contribution in [3.05, 3.63) is 34.4 Å². The van der Waals surface area contributed by atoms with Crippen LogP contribution in [-0.4, -0.2) is 79.5 Å². The first-order valence-electron chi connectivity index (χ1n) is 15.8. The highest BCUT2D eigenvalue weighted by atomic mass is 16.6. The van der Waals surface area contributed by atoms with E-state index in [1.807, 2.05) is 6.92 Å². The fourth-order valence-corrected chi connectivity index (χ4v) is 10.2. The maximum absolute atomic E-state index is 13.4. The van der Waals surface area contributed by atoms with Gasteiger partial charge in [0.1, 0.15) is 12.2 Å². The van der Waals surface area contributed by atoms with Gasteiger partial charge in [-0.1, -0.05) is 32.4 Å². The molecule has 1 N–H and O–H groups in total. The van der Waals surface area contributed by atoms with Gasteiger partial charge in [-0.3, -0.25) is 9.59 Å². The third-order valence-corrected chi connectivity index (χ3v) is 12.2. The Morgan fingerprint density at radius 2 is 1.82 bits per heavy atom. The van der Waals surface area contributed by atoms with Crippen LogP contribution < -0.4 is 0 Å². The van der Waals surface area contributed by atoms with E-state index in [2.05, 4.69) is 20.8 Å². The fourth-order valence-electron chi connectivity index (χ4n) is 10.2. The predicted molar refractivity (Wildman–Crippen MR) is 157 cm³/mol. The van der Waals surface area contributed by atoms with Crippen LogP contribution in [0.4, 0.5) is 0 Å². The number of cyclic esters (lactones) is 1. The van der Waals surface area contributed by atoms with E-state index in [0.29, 0.717) is 24.2 Å².